The van der Waals surface area contributed by atoms with E-state index in [1.54, 1.807) is 0 Å². The molecule has 0 bridgehead atoms. The third-order valence-electron chi connectivity index (χ3n) is 3.59. The zero-order valence-electron chi connectivity index (χ0n) is 8.61. The SMILES string of the molecule is O=C1C(CCO)CCC2CCCCN12. The van der Waals surface area contributed by atoms with E-state index in [9.17, 15) is 4.79 Å². The maximum absolute atomic E-state index is 12.0. The lowest BCUT2D eigenvalue weighted by Gasteiger charge is -2.42. The number of aliphatic hydroxyl groups is 1. The van der Waals surface area contributed by atoms with Gasteiger partial charge in [0.2, 0.25) is 5.91 Å². The van der Waals surface area contributed by atoms with Crippen LogP contribution >= 0.6 is 0 Å². The van der Waals surface area contributed by atoms with Crippen molar-refractivity contribution in [2.45, 2.75) is 44.6 Å². The van der Waals surface area contributed by atoms with Gasteiger partial charge < -0.3 is 10.0 Å². The van der Waals surface area contributed by atoms with Crippen LogP contribution in [0.4, 0.5) is 0 Å². The second kappa shape index (κ2) is 4.30. The first kappa shape index (κ1) is 9.97. The lowest BCUT2D eigenvalue weighted by molar-refractivity contribution is -0.144. The minimum Gasteiger partial charge on any atom is -0.396 e. The molecule has 2 unspecified atom stereocenters. The van der Waals surface area contributed by atoms with Crippen molar-refractivity contribution >= 4 is 5.91 Å². The first-order chi connectivity index (χ1) is 6.83. The van der Waals surface area contributed by atoms with E-state index >= 15 is 0 Å². The monoisotopic (exact) mass is 197 g/mol. The highest BCUT2D eigenvalue weighted by Gasteiger charge is 2.35. The molecule has 1 amide bonds. The average Bonchev–Trinajstić information content (AvgIpc) is 2.23. The smallest absolute Gasteiger partial charge is 0.226 e. The molecule has 2 fully saturated rings. The Morgan fingerprint density at radius 3 is 2.93 bits per heavy atom. The first-order valence-corrected chi connectivity index (χ1v) is 5.74. The van der Waals surface area contributed by atoms with Crippen molar-refractivity contribution in [3.63, 3.8) is 0 Å². The molecule has 2 rings (SSSR count). The minimum atomic E-state index is 0.106. The Kier molecular flexibility index (Phi) is 3.06. The van der Waals surface area contributed by atoms with E-state index in [0.717, 1.165) is 25.8 Å². The fourth-order valence-corrected chi connectivity index (χ4v) is 2.77. The summed E-state index contributed by atoms with van der Waals surface area (Å²) in [5.74, 6) is 0.407. The third-order valence-corrected chi connectivity index (χ3v) is 3.59. The molecule has 0 aromatic carbocycles. The summed E-state index contributed by atoms with van der Waals surface area (Å²) in [4.78, 5) is 14.0. The van der Waals surface area contributed by atoms with Crippen LogP contribution in [0.1, 0.15) is 38.5 Å². The van der Waals surface area contributed by atoms with Crippen LogP contribution in [0.5, 0.6) is 0 Å². The molecule has 0 aromatic rings. The number of amides is 1. The molecular weight excluding hydrogens is 178 g/mol. The second-order valence-corrected chi connectivity index (χ2v) is 4.47. The lowest BCUT2D eigenvalue weighted by Crippen LogP contribution is -2.50. The Bertz CT molecular complexity index is 217. The lowest BCUT2D eigenvalue weighted by atomic mass is 9.85. The Labute approximate surface area is 85.1 Å². The van der Waals surface area contributed by atoms with E-state index in [4.69, 9.17) is 5.11 Å². The molecule has 2 saturated heterocycles. The standard InChI is InChI=1S/C11H19NO2/c13-8-6-9-4-5-10-3-1-2-7-12(10)11(9)14/h9-10,13H,1-8H2. The van der Waals surface area contributed by atoms with E-state index in [-0.39, 0.29) is 12.5 Å². The highest BCUT2D eigenvalue weighted by atomic mass is 16.3. The normalized spacial score (nSPS) is 32.9. The van der Waals surface area contributed by atoms with E-state index in [0.29, 0.717) is 18.4 Å². The van der Waals surface area contributed by atoms with Gasteiger partial charge in [0.05, 0.1) is 0 Å². The molecular formula is C11H19NO2. The predicted molar refractivity (Wildman–Crippen MR) is 53.8 cm³/mol. The van der Waals surface area contributed by atoms with Crippen molar-refractivity contribution in [3.05, 3.63) is 0 Å². The number of hydrogen-bond donors (Lipinski definition) is 1. The Morgan fingerprint density at radius 2 is 2.14 bits per heavy atom. The highest BCUT2D eigenvalue weighted by Crippen LogP contribution is 2.31. The largest absolute Gasteiger partial charge is 0.396 e. The number of piperidine rings is 2. The van der Waals surface area contributed by atoms with Crippen molar-refractivity contribution in [3.8, 4) is 0 Å². The van der Waals surface area contributed by atoms with Gasteiger partial charge in [-0.15, -0.1) is 0 Å². The van der Waals surface area contributed by atoms with E-state index < -0.39 is 0 Å². The molecule has 2 aliphatic heterocycles. The molecule has 3 heteroatoms. The van der Waals surface area contributed by atoms with Gasteiger partial charge in [-0.25, -0.2) is 0 Å². The topological polar surface area (TPSA) is 40.5 Å². The summed E-state index contributed by atoms with van der Waals surface area (Å²) in [5.41, 5.74) is 0. The number of rotatable bonds is 2. The molecule has 1 N–H and O–H groups in total. The molecule has 2 aliphatic rings. The number of fused-ring (bicyclic) bond motifs is 1. The summed E-state index contributed by atoms with van der Waals surface area (Å²) >= 11 is 0. The van der Waals surface area contributed by atoms with Crippen LogP contribution in [-0.4, -0.2) is 35.1 Å². The number of nitrogens with zero attached hydrogens (tertiary/aromatic N) is 1. The van der Waals surface area contributed by atoms with Crippen LogP contribution < -0.4 is 0 Å². The van der Waals surface area contributed by atoms with Gasteiger partial charge >= 0.3 is 0 Å². The maximum Gasteiger partial charge on any atom is 0.226 e. The van der Waals surface area contributed by atoms with E-state index in [2.05, 4.69) is 4.90 Å². The molecule has 3 nitrogen and oxygen atoms in total. The van der Waals surface area contributed by atoms with Crippen LogP contribution in [-0.2, 0) is 4.79 Å². The quantitative estimate of drug-likeness (QED) is 0.721. The summed E-state index contributed by atoms with van der Waals surface area (Å²) in [7, 11) is 0. The average molecular weight is 197 g/mol. The van der Waals surface area contributed by atoms with Crippen molar-refractivity contribution in [1.29, 1.82) is 0 Å². The van der Waals surface area contributed by atoms with Gasteiger partial charge in [-0.3, -0.25) is 4.79 Å². The van der Waals surface area contributed by atoms with Crippen LogP contribution in [0.3, 0.4) is 0 Å². The summed E-state index contributed by atoms with van der Waals surface area (Å²) in [6, 6.07) is 0.520. The van der Waals surface area contributed by atoms with Crippen LogP contribution in [0.2, 0.25) is 0 Å². The van der Waals surface area contributed by atoms with E-state index in [1.165, 1.54) is 12.8 Å². The Balaban J connectivity index is 1.99. The Morgan fingerprint density at radius 1 is 1.29 bits per heavy atom. The zero-order valence-corrected chi connectivity index (χ0v) is 8.61. The van der Waals surface area contributed by atoms with Crippen molar-refractivity contribution in [2.24, 2.45) is 5.92 Å². The number of carbonyl (C=O) groups excluding carboxylic acids is 1. The van der Waals surface area contributed by atoms with Gasteiger partial charge in [0.25, 0.3) is 0 Å². The molecule has 2 heterocycles. The molecule has 2 atom stereocenters. The van der Waals surface area contributed by atoms with Crippen molar-refractivity contribution < 1.29 is 9.90 Å². The highest BCUT2D eigenvalue weighted by molar-refractivity contribution is 5.80. The third kappa shape index (κ3) is 1.78. The molecule has 0 aliphatic carbocycles. The number of aliphatic hydroxyl groups excluding tert-OH is 1. The predicted octanol–water partition coefficient (Wildman–Crippen LogP) is 1.16. The molecule has 80 valence electrons. The van der Waals surface area contributed by atoms with E-state index in [1.807, 2.05) is 0 Å². The van der Waals surface area contributed by atoms with Gasteiger partial charge in [0, 0.05) is 25.1 Å². The molecule has 0 radical (unpaired) electrons. The van der Waals surface area contributed by atoms with Crippen LogP contribution in [0.15, 0.2) is 0 Å². The number of carbonyl (C=O) groups is 1. The van der Waals surface area contributed by atoms with Crippen molar-refractivity contribution in [2.75, 3.05) is 13.2 Å². The van der Waals surface area contributed by atoms with Gasteiger partial charge in [-0.05, 0) is 38.5 Å². The number of hydrogen-bond acceptors (Lipinski definition) is 2. The van der Waals surface area contributed by atoms with Gasteiger partial charge in [0.15, 0.2) is 0 Å². The zero-order chi connectivity index (χ0) is 9.97. The summed E-state index contributed by atoms with van der Waals surface area (Å²) in [6.07, 6.45) is 6.42. The van der Waals surface area contributed by atoms with Gasteiger partial charge in [0.1, 0.15) is 0 Å². The summed E-state index contributed by atoms with van der Waals surface area (Å²) < 4.78 is 0. The summed E-state index contributed by atoms with van der Waals surface area (Å²) in [6.45, 7) is 1.10. The first-order valence-electron chi connectivity index (χ1n) is 5.74. The second-order valence-electron chi connectivity index (χ2n) is 4.47. The minimum absolute atomic E-state index is 0.106. The van der Waals surface area contributed by atoms with Crippen LogP contribution in [0, 0.1) is 5.92 Å². The van der Waals surface area contributed by atoms with Gasteiger partial charge in [-0.1, -0.05) is 0 Å². The fraction of sp³-hybridized carbons (Fsp3) is 0.909. The maximum atomic E-state index is 12.0. The molecule has 0 spiro atoms. The van der Waals surface area contributed by atoms with Crippen LogP contribution in [0.25, 0.3) is 0 Å². The van der Waals surface area contributed by atoms with Crippen molar-refractivity contribution in [1.82, 2.24) is 4.90 Å². The summed E-state index contributed by atoms with van der Waals surface area (Å²) in [5, 5.41) is 8.86. The molecule has 0 saturated carbocycles. The molecule has 0 aromatic heterocycles. The van der Waals surface area contributed by atoms with Gasteiger partial charge in [-0.2, -0.15) is 0 Å². The Hall–Kier alpha value is -0.570. The fourth-order valence-electron chi connectivity index (χ4n) is 2.77. The molecule has 14 heavy (non-hydrogen) atoms.